The van der Waals surface area contributed by atoms with Crippen LogP contribution in [0.3, 0.4) is 0 Å². The number of esters is 1. The van der Waals surface area contributed by atoms with Crippen LogP contribution < -0.4 is 0 Å². The first kappa shape index (κ1) is 17.8. The third-order valence-corrected chi connectivity index (χ3v) is 5.09. The Kier molecular flexibility index (Phi) is 5.46. The van der Waals surface area contributed by atoms with Gasteiger partial charge in [-0.25, -0.2) is 17.6 Å². The number of hydrogen-bond acceptors (Lipinski definition) is 5. The first-order chi connectivity index (χ1) is 11.3. The van der Waals surface area contributed by atoms with E-state index in [1.807, 2.05) is 0 Å². The van der Waals surface area contributed by atoms with Gasteiger partial charge in [-0.05, 0) is 24.3 Å². The van der Waals surface area contributed by atoms with Gasteiger partial charge < -0.3 is 4.74 Å². The van der Waals surface area contributed by atoms with E-state index in [1.54, 1.807) is 0 Å². The summed E-state index contributed by atoms with van der Waals surface area (Å²) in [4.78, 5) is 23.9. The van der Waals surface area contributed by atoms with E-state index in [2.05, 4.69) is 0 Å². The highest BCUT2D eigenvalue weighted by Gasteiger charge is 2.22. The number of benzene rings is 2. The third-order valence-electron chi connectivity index (χ3n) is 3.30. The quantitative estimate of drug-likeness (QED) is 0.591. The van der Waals surface area contributed by atoms with E-state index < -0.39 is 34.0 Å². The predicted molar refractivity (Wildman–Crippen MR) is 85.2 cm³/mol. The fourth-order valence-corrected chi connectivity index (χ4v) is 3.10. The SMILES string of the molecule is CCS(=O)(=O)c1ccccc1C(=O)OCC(=O)c1cccc(F)c1. The number of ketones is 1. The molecule has 0 saturated carbocycles. The van der Waals surface area contributed by atoms with E-state index in [0.717, 1.165) is 6.07 Å². The Morgan fingerprint density at radius 1 is 1.08 bits per heavy atom. The molecule has 0 fully saturated rings. The van der Waals surface area contributed by atoms with Gasteiger partial charge in [0.1, 0.15) is 5.82 Å². The minimum Gasteiger partial charge on any atom is -0.454 e. The molecular formula is C17H15FO5S. The number of sulfone groups is 1. The van der Waals surface area contributed by atoms with Crippen molar-refractivity contribution in [2.75, 3.05) is 12.4 Å². The summed E-state index contributed by atoms with van der Waals surface area (Å²) in [5, 5.41) is 0. The molecule has 5 nitrogen and oxygen atoms in total. The van der Waals surface area contributed by atoms with Crippen molar-refractivity contribution in [3.8, 4) is 0 Å². The van der Waals surface area contributed by atoms with Crippen LogP contribution in [0, 0.1) is 5.82 Å². The molecule has 0 aliphatic heterocycles. The smallest absolute Gasteiger partial charge is 0.339 e. The largest absolute Gasteiger partial charge is 0.454 e. The van der Waals surface area contributed by atoms with Gasteiger partial charge in [0.05, 0.1) is 16.2 Å². The summed E-state index contributed by atoms with van der Waals surface area (Å²) in [6.45, 7) is 0.855. The highest BCUT2D eigenvalue weighted by molar-refractivity contribution is 7.91. The van der Waals surface area contributed by atoms with Crippen LogP contribution in [-0.4, -0.2) is 32.5 Å². The summed E-state index contributed by atoms with van der Waals surface area (Å²) in [6, 6.07) is 10.6. The molecule has 0 aliphatic carbocycles. The maximum Gasteiger partial charge on any atom is 0.339 e. The van der Waals surface area contributed by atoms with E-state index in [0.29, 0.717) is 0 Å². The molecule has 0 radical (unpaired) electrons. The van der Waals surface area contributed by atoms with Crippen molar-refractivity contribution < 1.29 is 27.1 Å². The van der Waals surface area contributed by atoms with E-state index in [1.165, 1.54) is 49.4 Å². The van der Waals surface area contributed by atoms with Gasteiger partial charge >= 0.3 is 5.97 Å². The van der Waals surface area contributed by atoms with Crippen molar-refractivity contribution in [3.05, 3.63) is 65.5 Å². The molecule has 7 heteroatoms. The molecule has 126 valence electrons. The maximum atomic E-state index is 13.1. The first-order valence-corrected chi connectivity index (χ1v) is 8.78. The Morgan fingerprint density at radius 3 is 2.46 bits per heavy atom. The average Bonchev–Trinajstić information content (AvgIpc) is 2.59. The lowest BCUT2D eigenvalue weighted by molar-refractivity contribution is 0.0471. The summed E-state index contributed by atoms with van der Waals surface area (Å²) >= 11 is 0. The number of carbonyl (C=O) groups excluding carboxylic acids is 2. The van der Waals surface area contributed by atoms with E-state index in [-0.39, 0.29) is 21.8 Å². The Hall–Kier alpha value is -2.54. The summed E-state index contributed by atoms with van der Waals surface area (Å²) in [5.41, 5.74) is -0.0661. The second-order valence-electron chi connectivity index (χ2n) is 4.91. The minimum atomic E-state index is -3.61. The van der Waals surface area contributed by atoms with Crippen molar-refractivity contribution in [2.45, 2.75) is 11.8 Å². The molecule has 24 heavy (non-hydrogen) atoms. The number of ether oxygens (including phenoxy) is 1. The molecule has 0 atom stereocenters. The molecule has 0 saturated heterocycles. The number of carbonyl (C=O) groups is 2. The molecule has 0 N–H and O–H groups in total. The fourth-order valence-electron chi connectivity index (χ4n) is 2.02. The molecule has 0 unspecified atom stereocenters. The monoisotopic (exact) mass is 350 g/mol. The van der Waals surface area contributed by atoms with Crippen molar-refractivity contribution in [2.24, 2.45) is 0 Å². The van der Waals surface area contributed by atoms with Gasteiger partial charge in [-0.1, -0.05) is 31.2 Å². The van der Waals surface area contributed by atoms with Crippen LogP contribution in [0.2, 0.25) is 0 Å². The summed E-state index contributed by atoms with van der Waals surface area (Å²) in [6.07, 6.45) is 0. The van der Waals surface area contributed by atoms with Crippen molar-refractivity contribution in [3.63, 3.8) is 0 Å². The molecule has 2 aromatic carbocycles. The number of hydrogen-bond donors (Lipinski definition) is 0. The van der Waals surface area contributed by atoms with Crippen LogP contribution >= 0.6 is 0 Å². The Labute approximate surface area is 139 Å². The molecule has 0 bridgehead atoms. The van der Waals surface area contributed by atoms with Gasteiger partial charge in [0.2, 0.25) is 0 Å². The van der Waals surface area contributed by atoms with Gasteiger partial charge in [0.25, 0.3) is 0 Å². The average molecular weight is 350 g/mol. The van der Waals surface area contributed by atoms with Crippen LogP contribution in [0.1, 0.15) is 27.6 Å². The highest BCUT2D eigenvalue weighted by Crippen LogP contribution is 2.18. The lowest BCUT2D eigenvalue weighted by Gasteiger charge is -2.09. The molecular weight excluding hydrogens is 335 g/mol. The Bertz CT molecular complexity index is 874. The number of halogens is 1. The summed E-state index contributed by atoms with van der Waals surface area (Å²) in [7, 11) is -3.61. The van der Waals surface area contributed by atoms with Crippen molar-refractivity contribution >= 4 is 21.6 Å². The lowest BCUT2D eigenvalue weighted by Crippen LogP contribution is -2.17. The van der Waals surface area contributed by atoms with Crippen LogP contribution in [-0.2, 0) is 14.6 Å². The molecule has 2 aromatic rings. The predicted octanol–water partition coefficient (Wildman–Crippen LogP) is 2.66. The van der Waals surface area contributed by atoms with Crippen LogP contribution in [0.4, 0.5) is 4.39 Å². The minimum absolute atomic E-state index is 0.0669. The van der Waals surface area contributed by atoms with Gasteiger partial charge in [-0.15, -0.1) is 0 Å². The number of Topliss-reactive ketones (excluding diaryl/α,β-unsaturated/α-hetero) is 1. The van der Waals surface area contributed by atoms with Crippen LogP contribution in [0.25, 0.3) is 0 Å². The molecule has 0 amide bonds. The summed E-state index contributed by atoms with van der Waals surface area (Å²) < 4.78 is 42.0. The third kappa shape index (κ3) is 4.05. The molecule has 0 heterocycles. The number of rotatable bonds is 6. The van der Waals surface area contributed by atoms with Crippen molar-refractivity contribution in [1.29, 1.82) is 0 Å². The zero-order valence-electron chi connectivity index (χ0n) is 12.9. The first-order valence-electron chi connectivity index (χ1n) is 7.13. The Morgan fingerprint density at radius 2 is 1.79 bits per heavy atom. The fraction of sp³-hybridized carbons (Fsp3) is 0.176. The van der Waals surface area contributed by atoms with Crippen molar-refractivity contribution in [1.82, 2.24) is 0 Å². The van der Waals surface area contributed by atoms with E-state index >= 15 is 0 Å². The molecule has 0 aromatic heterocycles. The summed E-state index contributed by atoms with van der Waals surface area (Å²) in [5.74, 6) is -2.25. The molecule has 0 spiro atoms. The van der Waals surface area contributed by atoms with E-state index in [9.17, 15) is 22.4 Å². The lowest BCUT2D eigenvalue weighted by atomic mass is 10.1. The second kappa shape index (κ2) is 7.35. The Balaban J connectivity index is 2.15. The molecule has 2 rings (SSSR count). The zero-order chi connectivity index (χ0) is 17.7. The van der Waals surface area contributed by atoms with Crippen LogP contribution in [0.15, 0.2) is 53.4 Å². The van der Waals surface area contributed by atoms with Crippen LogP contribution in [0.5, 0.6) is 0 Å². The zero-order valence-corrected chi connectivity index (χ0v) is 13.7. The normalized spacial score (nSPS) is 11.1. The maximum absolute atomic E-state index is 13.1. The standard InChI is InChI=1S/C17H15FO5S/c1-2-24(21,22)16-9-4-3-8-14(16)17(20)23-11-15(19)12-6-5-7-13(18)10-12/h3-10H,2,11H2,1H3. The van der Waals surface area contributed by atoms with Gasteiger partial charge in [-0.2, -0.15) is 0 Å². The van der Waals surface area contributed by atoms with E-state index in [4.69, 9.17) is 4.74 Å². The topological polar surface area (TPSA) is 77.5 Å². The van der Waals surface area contributed by atoms with Gasteiger partial charge in [0, 0.05) is 5.56 Å². The van der Waals surface area contributed by atoms with Gasteiger partial charge in [-0.3, -0.25) is 4.79 Å². The van der Waals surface area contributed by atoms with Gasteiger partial charge in [0.15, 0.2) is 22.2 Å². The highest BCUT2D eigenvalue weighted by atomic mass is 32.2. The second-order valence-corrected chi connectivity index (χ2v) is 7.16. The molecule has 0 aliphatic rings.